The van der Waals surface area contributed by atoms with E-state index in [1.165, 1.54) is 17.6 Å². The molecule has 0 unspecified atom stereocenters. The van der Waals surface area contributed by atoms with Gasteiger partial charge in [0, 0.05) is 18.9 Å². The molecule has 2 N–H and O–H groups in total. The number of nitrogens with zero attached hydrogens (tertiary/aromatic N) is 1. The van der Waals surface area contributed by atoms with Crippen molar-refractivity contribution in [3.05, 3.63) is 47.7 Å². The van der Waals surface area contributed by atoms with Crippen LogP contribution < -0.4 is 5.48 Å². The highest BCUT2D eigenvalue weighted by Crippen LogP contribution is 2.48. The summed E-state index contributed by atoms with van der Waals surface area (Å²) in [4.78, 5) is 11.5. The van der Waals surface area contributed by atoms with E-state index in [-0.39, 0.29) is 5.69 Å². The van der Waals surface area contributed by atoms with Gasteiger partial charge in [0.2, 0.25) is 5.95 Å². The maximum absolute atomic E-state index is 14.5. The van der Waals surface area contributed by atoms with Crippen LogP contribution >= 0.6 is 0 Å². The van der Waals surface area contributed by atoms with E-state index in [0.29, 0.717) is 5.56 Å². The van der Waals surface area contributed by atoms with Crippen LogP contribution in [0.5, 0.6) is 0 Å². The molecule has 1 aliphatic rings. The molecule has 0 atom stereocenters. The highest BCUT2D eigenvalue weighted by atomic mass is 19.3. The SMILES string of the molecule is O=C(NO)c1cc(-c2ccc(F)cc2)n(C2CC(F)(F)C2)c1F. The molecule has 0 bridgehead atoms. The van der Waals surface area contributed by atoms with E-state index in [2.05, 4.69) is 0 Å². The Hall–Kier alpha value is -2.35. The van der Waals surface area contributed by atoms with E-state index in [1.807, 2.05) is 0 Å². The lowest BCUT2D eigenvalue weighted by Crippen LogP contribution is -2.38. The van der Waals surface area contributed by atoms with Gasteiger partial charge in [-0.05, 0) is 35.9 Å². The fourth-order valence-electron chi connectivity index (χ4n) is 2.73. The number of hydroxylamine groups is 1. The van der Waals surface area contributed by atoms with Gasteiger partial charge in [-0.25, -0.2) is 18.7 Å². The third-order valence-corrected chi connectivity index (χ3v) is 3.89. The first kappa shape index (κ1) is 15.5. The van der Waals surface area contributed by atoms with Crippen molar-refractivity contribution in [1.29, 1.82) is 0 Å². The molecule has 0 aliphatic heterocycles. The molecule has 1 saturated carbocycles. The number of hydrogen-bond acceptors (Lipinski definition) is 2. The number of amides is 1. The second kappa shape index (κ2) is 5.38. The van der Waals surface area contributed by atoms with Gasteiger partial charge in [0.15, 0.2) is 0 Å². The molecule has 1 aromatic heterocycles. The summed E-state index contributed by atoms with van der Waals surface area (Å²) in [5.41, 5.74) is 1.38. The van der Waals surface area contributed by atoms with Crippen LogP contribution in [-0.4, -0.2) is 21.6 Å². The minimum atomic E-state index is -2.87. The molecule has 0 radical (unpaired) electrons. The molecule has 1 aromatic carbocycles. The summed E-state index contributed by atoms with van der Waals surface area (Å²) >= 11 is 0. The van der Waals surface area contributed by atoms with Crippen LogP contribution in [0.2, 0.25) is 0 Å². The van der Waals surface area contributed by atoms with Crippen molar-refractivity contribution in [3.8, 4) is 11.3 Å². The average Bonchev–Trinajstić information content (AvgIpc) is 2.82. The number of halogens is 4. The Kier molecular flexibility index (Phi) is 3.63. The summed E-state index contributed by atoms with van der Waals surface area (Å²) < 4.78 is 54.8. The van der Waals surface area contributed by atoms with Crippen molar-refractivity contribution in [3.63, 3.8) is 0 Å². The van der Waals surface area contributed by atoms with Gasteiger partial charge >= 0.3 is 0 Å². The van der Waals surface area contributed by atoms with Crippen LogP contribution in [0.15, 0.2) is 30.3 Å². The van der Waals surface area contributed by atoms with Gasteiger partial charge in [-0.15, -0.1) is 0 Å². The average molecular weight is 328 g/mol. The number of aromatic nitrogens is 1. The molecular weight excluding hydrogens is 316 g/mol. The van der Waals surface area contributed by atoms with Gasteiger partial charge in [0.1, 0.15) is 5.82 Å². The number of rotatable bonds is 3. The lowest BCUT2D eigenvalue weighted by Gasteiger charge is -2.37. The molecule has 1 aliphatic carbocycles. The number of benzene rings is 1. The number of alkyl halides is 2. The zero-order valence-corrected chi connectivity index (χ0v) is 11.7. The van der Waals surface area contributed by atoms with E-state index in [4.69, 9.17) is 5.21 Å². The summed E-state index contributed by atoms with van der Waals surface area (Å²) in [6.07, 6.45) is -1.10. The van der Waals surface area contributed by atoms with Gasteiger partial charge in [0.25, 0.3) is 11.8 Å². The van der Waals surface area contributed by atoms with E-state index in [0.717, 1.165) is 22.8 Å². The minimum Gasteiger partial charge on any atom is -0.313 e. The standard InChI is InChI=1S/C15H12F4N2O2/c16-9-3-1-8(2-4-9)12-5-11(14(22)20-23)13(17)21(12)10-6-15(18,19)7-10/h1-5,10,23H,6-7H2,(H,20,22). The second-order valence-corrected chi connectivity index (χ2v) is 5.47. The van der Waals surface area contributed by atoms with Crippen molar-refractivity contribution in [2.45, 2.75) is 24.8 Å². The van der Waals surface area contributed by atoms with E-state index in [1.54, 1.807) is 0 Å². The summed E-state index contributed by atoms with van der Waals surface area (Å²) in [7, 11) is 0. The lowest BCUT2D eigenvalue weighted by atomic mass is 9.87. The first-order valence-electron chi connectivity index (χ1n) is 6.81. The number of carbonyl (C=O) groups excluding carboxylic acids is 1. The van der Waals surface area contributed by atoms with Crippen LogP contribution in [0.1, 0.15) is 29.2 Å². The molecular formula is C15H12F4N2O2. The lowest BCUT2D eigenvalue weighted by molar-refractivity contribution is -0.105. The molecule has 4 nitrogen and oxygen atoms in total. The highest BCUT2D eigenvalue weighted by Gasteiger charge is 2.48. The maximum Gasteiger partial charge on any atom is 0.279 e. The fraction of sp³-hybridized carbons (Fsp3) is 0.267. The number of carbonyl (C=O) groups is 1. The summed E-state index contributed by atoms with van der Waals surface area (Å²) in [5.74, 6) is -5.48. The molecule has 3 rings (SSSR count). The molecule has 1 fully saturated rings. The first-order chi connectivity index (χ1) is 10.8. The van der Waals surface area contributed by atoms with Gasteiger partial charge in [-0.3, -0.25) is 10.0 Å². The monoisotopic (exact) mass is 328 g/mol. The van der Waals surface area contributed by atoms with Crippen LogP contribution in [0.3, 0.4) is 0 Å². The number of hydrogen-bond donors (Lipinski definition) is 2. The Bertz CT molecular complexity index is 748. The van der Waals surface area contributed by atoms with Gasteiger partial charge < -0.3 is 4.57 Å². The smallest absolute Gasteiger partial charge is 0.279 e. The summed E-state index contributed by atoms with van der Waals surface area (Å²) in [6, 6.07) is 5.34. The van der Waals surface area contributed by atoms with Crippen molar-refractivity contribution >= 4 is 5.91 Å². The van der Waals surface area contributed by atoms with Crippen LogP contribution in [0.25, 0.3) is 11.3 Å². The van der Waals surface area contributed by atoms with E-state index >= 15 is 0 Å². The van der Waals surface area contributed by atoms with E-state index in [9.17, 15) is 22.4 Å². The first-order valence-corrected chi connectivity index (χ1v) is 6.81. The van der Waals surface area contributed by atoms with Crippen molar-refractivity contribution in [2.24, 2.45) is 0 Å². The Morgan fingerprint density at radius 2 is 1.83 bits per heavy atom. The second-order valence-electron chi connectivity index (χ2n) is 5.47. The fourth-order valence-corrected chi connectivity index (χ4v) is 2.73. The predicted molar refractivity (Wildman–Crippen MR) is 72.3 cm³/mol. The van der Waals surface area contributed by atoms with Gasteiger partial charge in [-0.1, -0.05) is 0 Å². The van der Waals surface area contributed by atoms with Crippen LogP contribution in [-0.2, 0) is 0 Å². The Morgan fingerprint density at radius 1 is 1.22 bits per heavy atom. The molecule has 2 aromatic rings. The third kappa shape index (κ3) is 2.70. The molecule has 0 spiro atoms. The summed E-state index contributed by atoms with van der Waals surface area (Å²) in [6.45, 7) is 0. The Morgan fingerprint density at radius 3 is 2.35 bits per heavy atom. The topological polar surface area (TPSA) is 54.3 Å². The van der Waals surface area contributed by atoms with Crippen molar-refractivity contribution < 1.29 is 27.6 Å². The van der Waals surface area contributed by atoms with Crippen molar-refractivity contribution in [2.75, 3.05) is 0 Å². The molecule has 0 saturated heterocycles. The normalized spacial score (nSPS) is 16.9. The molecule has 122 valence electrons. The zero-order valence-electron chi connectivity index (χ0n) is 11.7. The minimum absolute atomic E-state index is 0.168. The van der Waals surface area contributed by atoms with Crippen molar-refractivity contribution in [1.82, 2.24) is 10.0 Å². The largest absolute Gasteiger partial charge is 0.313 e. The quantitative estimate of drug-likeness (QED) is 0.514. The van der Waals surface area contributed by atoms with Crippen LogP contribution in [0, 0.1) is 11.8 Å². The molecule has 8 heteroatoms. The Labute approximate surface area is 128 Å². The maximum atomic E-state index is 14.5. The molecule has 1 heterocycles. The third-order valence-electron chi connectivity index (χ3n) is 3.89. The summed E-state index contributed by atoms with van der Waals surface area (Å²) in [5, 5.41) is 8.67. The van der Waals surface area contributed by atoms with E-state index < -0.39 is 48.0 Å². The Balaban J connectivity index is 2.10. The van der Waals surface area contributed by atoms with Gasteiger partial charge in [0.05, 0.1) is 11.3 Å². The van der Waals surface area contributed by atoms with Crippen LogP contribution in [0.4, 0.5) is 17.6 Å². The number of nitrogens with one attached hydrogen (secondary N) is 1. The highest BCUT2D eigenvalue weighted by molar-refractivity contribution is 5.95. The van der Waals surface area contributed by atoms with Gasteiger partial charge in [-0.2, -0.15) is 4.39 Å². The molecule has 23 heavy (non-hydrogen) atoms. The molecule has 1 amide bonds. The predicted octanol–water partition coefficient (Wildman–Crippen LogP) is 3.52. The zero-order chi connectivity index (χ0) is 16.8.